The van der Waals surface area contributed by atoms with Crippen LogP contribution in [0.5, 0.6) is 0 Å². The average Bonchev–Trinajstić information content (AvgIpc) is 3.30. The van der Waals surface area contributed by atoms with Gasteiger partial charge in [-0.1, -0.05) is 12.5 Å². The minimum Gasteiger partial charge on any atom is -0.376 e. The van der Waals surface area contributed by atoms with Crippen molar-refractivity contribution in [3.8, 4) is 0 Å². The maximum atomic E-state index is 14.1. The van der Waals surface area contributed by atoms with Gasteiger partial charge in [0.15, 0.2) is 0 Å². The Morgan fingerprint density at radius 3 is 2.56 bits per heavy atom. The first kappa shape index (κ1) is 21.4. The maximum Gasteiger partial charge on any atom is 0.235 e. The summed E-state index contributed by atoms with van der Waals surface area (Å²) in [4.78, 5) is 13.2. The van der Waals surface area contributed by atoms with Crippen molar-refractivity contribution in [3.63, 3.8) is 0 Å². The Bertz CT molecular complexity index is 1320. The number of aryl methyl sites for hydroxylation is 1. The summed E-state index contributed by atoms with van der Waals surface area (Å²) in [6.07, 6.45) is 4.17. The summed E-state index contributed by atoms with van der Waals surface area (Å²) < 4.78 is 44.2. The van der Waals surface area contributed by atoms with Crippen molar-refractivity contribution in [1.82, 2.24) is 0 Å². The first-order valence-corrected chi connectivity index (χ1v) is 12.2. The van der Waals surface area contributed by atoms with E-state index in [4.69, 9.17) is 0 Å². The molecule has 3 N–H and O–H groups in total. The van der Waals surface area contributed by atoms with Gasteiger partial charge in [-0.2, -0.15) is 0 Å². The SMILES string of the molecule is O=C1Nc2c(NC3CCc4cc(F)ccc43)cc(NSc3ccc(F)cc3F)cc2C12CCC2. The number of nitrogens with one attached hydrogen (secondary N) is 3. The zero-order valence-electron chi connectivity index (χ0n) is 18.2. The van der Waals surface area contributed by atoms with E-state index in [1.165, 1.54) is 18.2 Å². The molecule has 3 aromatic rings. The summed E-state index contributed by atoms with van der Waals surface area (Å²) >= 11 is 1.06. The highest BCUT2D eigenvalue weighted by molar-refractivity contribution is 8.00. The molecule has 1 fully saturated rings. The lowest BCUT2D eigenvalue weighted by atomic mass is 9.65. The second kappa shape index (κ2) is 7.98. The molecule has 1 unspecified atom stereocenters. The van der Waals surface area contributed by atoms with Crippen LogP contribution >= 0.6 is 11.9 Å². The third kappa shape index (κ3) is 3.43. The van der Waals surface area contributed by atoms with Crippen LogP contribution < -0.4 is 15.4 Å². The summed E-state index contributed by atoms with van der Waals surface area (Å²) in [5, 5.41) is 6.66. The highest BCUT2D eigenvalue weighted by Crippen LogP contribution is 2.54. The fraction of sp³-hybridized carbons (Fsp3) is 0.269. The van der Waals surface area contributed by atoms with E-state index in [1.807, 2.05) is 18.2 Å². The molecule has 3 aromatic carbocycles. The maximum absolute atomic E-state index is 14.1. The lowest BCUT2D eigenvalue weighted by Crippen LogP contribution is -2.40. The molecule has 1 saturated carbocycles. The Morgan fingerprint density at radius 1 is 1.00 bits per heavy atom. The van der Waals surface area contributed by atoms with Gasteiger partial charge in [-0.15, -0.1) is 0 Å². The second-order valence-electron chi connectivity index (χ2n) is 9.19. The largest absolute Gasteiger partial charge is 0.376 e. The number of carbonyl (C=O) groups is 1. The first-order chi connectivity index (χ1) is 16.4. The van der Waals surface area contributed by atoms with Gasteiger partial charge in [0, 0.05) is 11.8 Å². The molecule has 34 heavy (non-hydrogen) atoms. The highest BCUT2D eigenvalue weighted by atomic mass is 32.2. The number of halogens is 3. The molecule has 3 aliphatic rings. The van der Waals surface area contributed by atoms with Gasteiger partial charge in [0.2, 0.25) is 5.91 Å². The van der Waals surface area contributed by atoms with Crippen molar-refractivity contribution in [1.29, 1.82) is 0 Å². The number of hydrogen-bond acceptors (Lipinski definition) is 4. The molecule has 1 atom stereocenters. The Labute approximate surface area is 199 Å². The predicted molar refractivity (Wildman–Crippen MR) is 128 cm³/mol. The first-order valence-electron chi connectivity index (χ1n) is 11.4. The monoisotopic (exact) mass is 481 g/mol. The number of anilines is 3. The van der Waals surface area contributed by atoms with E-state index in [1.54, 1.807) is 6.07 Å². The molecule has 1 spiro atoms. The lowest BCUT2D eigenvalue weighted by molar-refractivity contribution is -0.123. The Morgan fingerprint density at radius 2 is 1.79 bits per heavy atom. The minimum absolute atomic E-state index is 0.00742. The summed E-state index contributed by atoms with van der Waals surface area (Å²) in [6, 6.07) is 12.2. The molecular formula is C26H22F3N3OS. The van der Waals surface area contributed by atoms with Crippen LogP contribution in [0.25, 0.3) is 0 Å². The van der Waals surface area contributed by atoms with Crippen molar-refractivity contribution in [2.75, 3.05) is 15.4 Å². The minimum atomic E-state index is -0.640. The number of carbonyl (C=O) groups excluding carboxylic acids is 1. The van der Waals surface area contributed by atoms with Gasteiger partial charge >= 0.3 is 0 Å². The van der Waals surface area contributed by atoms with Crippen LogP contribution in [0.1, 0.15) is 48.4 Å². The van der Waals surface area contributed by atoms with Crippen LogP contribution in [0.15, 0.2) is 53.4 Å². The smallest absolute Gasteiger partial charge is 0.235 e. The Hall–Kier alpha value is -3.13. The molecule has 0 aromatic heterocycles. The normalized spacial score (nSPS) is 19.4. The topological polar surface area (TPSA) is 53.2 Å². The van der Waals surface area contributed by atoms with Crippen molar-refractivity contribution in [3.05, 3.63) is 82.7 Å². The molecular weight excluding hydrogens is 459 g/mol. The van der Waals surface area contributed by atoms with E-state index in [-0.39, 0.29) is 22.7 Å². The van der Waals surface area contributed by atoms with Crippen molar-refractivity contribution < 1.29 is 18.0 Å². The summed E-state index contributed by atoms with van der Waals surface area (Å²) in [5.74, 6) is -1.49. The van der Waals surface area contributed by atoms with Crippen molar-refractivity contribution >= 4 is 34.9 Å². The number of amides is 1. The fourth-order valence-corrected chi connectivity index (χ4v) is 5.94. The van der Waals surface area contributed by atoms with Gasteiger partial charge in [-0.25, -0.2) is 13.2 Å². The van der Waals surface area contributed by atoms with E-state index < -0.39 is 17.0 Å². The van der Waals surface area contributed by atoms with Crippen LogP contribution in [-0.4, -0.2) is 5.91 Å². The van der Waals surface area contributed by atoms with Crippen LogP contribution in [0.3, 0.4) is 0 Å². The summed E-state index contributed by atoms with van der Waals surface area (Å²) in [5.41, 5.74) is 4.74. The Balaban J connectivity index is 1.34. The summed E-state index contributed by atoms with van der Waals surface area (Å²) in [6.45, 7) is 0. The number of rotatable bonds is 5. The Kier molecular flexibility index (Phi) is 5.02. The van der Waals surface area contributed by atoms with Gasteiger partial charge in [-0.3, -0.25) is 4.79 Å². The number of fused-ring (bicyclic) bond motifs is 3. The van der Waals surface area contributed by atoms with Gasteiger partial charge in [-0.05, 0) is 90.7 Å². The van der Waals surface area contributed by atoms with Crippen LogP contribution in [0.4, 0.5) is 30.2 Å². The zero-order valence-corrected chi connectivity index (χ0v) is 19.0. The van der Waals surface area contributed by atoms with Gasteiger partial charge in [0.1, 0.15) is 17.5 Å². The molecule has 174 valence electrons. The lowest BCUT2D eigenvalue weighted by Gasteiger charge is -2.36. The quantitative estimate of drug-likeness (QED) is 0.355. The molecule has 8 heteroatoms. The third-order valence-electron chi connectivity index (χ3n) is 7.22. The zero-order chi connectivity index (χ0) is 23.4. The highest BCUT2D eigenvalue weighted by Gasteiger charge is 2.52. The molecule has 6 rings (SSSR count). The molecule has 4 nitrogen and oxygen atoms in total. The van der Waals surface area contributed by atoms with Gasteiger partial charge < -0.3 is 15.4 Å². The van der Waals surface area contributed by atoms with Crippen LogP contribution in [-0.2, 0) is 16.6 Å². The number of benzene rings is 3. The predicted octanol–water partition coefficient (Wildman–Crippen LogP) is 6.70. The van der Waals surface area contributed by atoms with Crippen LogP contribution in [0, 0.1) is 17.5 Å². The van der Waals surface area contributed by atoms with E-state index >= 15 is 0 Å². The third-order valence-corrected chi connectivity index (χ3v) is 8.11. The van der Waals surface area contributed by atoms with E-state index in [0.29, 0.717) is 0 Å². The average molecular weight is 482 g/mol. The van der Waals surface area contributed by atoms with Crippen LogP contribution in [0.2, 0.25) is 0 Å². The molecule has 1 aliphatic heterocycles. The number of hydrogen-bond donors (Lipinski definition) is 3. The van der Waals surface area contributed by atoms with E-state index in [0.717, 1.165) is 83.9 Å². The fourth-order valence-electron chi connectivity index (χ4n) is 5.30. The molecule has 0 bridgehead atoms. The molecule has 1 amide bonds. The van der Waals surface area contributed by atoms with Crippen molar-refractivity contribution in [2.45, 2.75) is 48.5 Å². The van der Waals surface area contributed by atoms with Gasteiger partial charge in [0.05, 0.1) is 27.7 Å². The second-order valence-corrected chi connectivity index (χ2v) is 10.0. The molecule has 0 radical (unpaired) electrons. The van der Waals surface area contributed by atoms with Gasteiger partial charge in [0.25, 0.3) is 0 Å². The van der Waals surface area contributed by atoms with E-state index in [2.05, 4.69) is 15.4 Å². The molecule has 1 heterocycles. The molecule has 2 aliphatic carbocycles. The van der Waals surface area contributed by atoms with Crippen molar-refractivity contribution in [2.24, 2.45) is 0 Å². The standard InChI is InChI=1S/C26H22F3N3OS/c27-15-3-5-18-14(10-15)2-6-21(18)30-22-13-17(32-34-23-7-4-16(28)11-20(23)29)12-19-24(22)31-25(33)26(19)8-1-9-26/h3-5,7,10-13,21,30,32H,1-2,6,8-9H2,(H,31,33). The summed E-state index contributed by atoms with van der Waals surface area (Å²) in [7, 11) is 0. The molecule has 0 saturated heterocycles. The van der Waals surface area contributed by atoms with E-state index in [9.17, 15) is 18.0 Å².